The van der Waals surface area contributed by atoms with E-state index in [4.69, 9.17) is 15.0 Å². The van der Waals surface area contributed by atoms with E-state index in [0.717, 1.165) is 60.5 Å². The van der Waals surface area contributed by atoms with Gasteiger partial charge < -0.3 is 9.47 Å². The van der Waals surface area contributed by atoms with Gasteiger partial charge in [0.1, 0.15) is 0 Å². The summed E-state index contributed by atoms with van der Waals surface area (Å²) in [4.78, 5) is 18.6. The molecule has 5 heterocycles. The van der Waals surface area contributed by atoms with Gasteiger partial charge in [0.15, 0.2) is 5.82 Å². The topological polar surface area (TPSA) is 56.7 Å². The Bertz CT molecular complexity index is 3950. The van der Waals surface area contributed by atoms with Crippen molar-refractivity contribution in [2.45, 2.75) is 18.4 Å². The SMILES string of the molecule is CC12C=CC=CC1c1ccccc1N2c1ccc2c(c1)c1ccccc1n2-c1nc(-c2ccccc2)nc(-n2c3ccccc3c3cc(-n4c5ccccc5c5ccccc54)ccc32)n1. The first-order valence-electron chi connectivity index (χ1n) is 22.2. The second kappa shape index (κ2) is 13.5. The summed E-state index contributed by atoms with van der Waals surface area (Å²) in [5.74, 6) is 1.96. The number of benzene rings is 8. The van der Waals surface area contributed by atoms with Crippen LogP contribution in [0.15, 0.2) is 212 Å². The Morgan fingerprint density at radius 1 is 0.415 bits per heavy atom. The highest BCUT2D eigenvalue weighted by atomic mass is 15.3. The molecule has 65 heavy (non-hydrogen) atoms. The number of aromatic nitrogens is 6. The van der Waals surface area contributed by atoms with Crippen molar-refractivity contribution in [1.82, 2.24) is 28.7 Å². The molecule has 4 aromatic heterocycles. The summed E-state index contributed by atoms with van der Waals surface area (Å²) in [7, 11) is 0. The Balaban J connectivity index is 0.993. The van der Waals surface area contributed by atoms with E-state index in [-0.39, 0.29) is 11.5 Å². The number of fused-ring (bicyclic) bond motifs is 12. The van der Waals surface area contributed by atoms with Crippen LogP contribution in [0.2, 0.25) is 0 Å². The van der Waals surface area contributed by atoms with Gasteiger partial charge in [-0.05, 0) is 79.2 Å². The average molecular weight is 834 g/mol. The number of allylic oxidation sites excluding steroid dienone is 2. The molecule has 0 radical (unpaired) electrons. The van der Waals surface area contributed by atoms with Crippen LogP contribution in [0.5, 0.6) is 0 Å². The van der Waals surface area contributed by atoms with Gasteiger partial charge in [-0.2, -0.15) is 15.0 Å². The minimum Gasteiger partial charge on any atom is -0.331 e. The quantitative estimate of drug-likeness (QED) is 0.173. The summed E-state index contributed by atoms with van der Waals surface area (Å²) in [5.41, 5.74) is 11.9. The molecule has 0 bridgehead atoms. The smallest absolute Gasteiger partial charge is 0.240 e. The molecular weight excluding hydrogens is 795 g/mol. The molecule has 0 saturated heterocycles. The molecule has 0 spiro atoms. The Kier molecular flexibility index (Phi) is 7.46. The summed E-state index contributed by atoms with van der Waals surface area (Å²) >= 11 is 0. The van der Waals surface area contributed by atoms with Gasteiger partial charge in [-0.3, -0.25) is 9.13 Å². The zero-order chi connectivity index (χ0) is 42.8. The van der Waals surface area contributed by atoms with Crippen molar-refractivity contribution < 1.29 is 0 Å². The van der Waals surface area contributed by atoms with Gasteiger partial charge in [-0.25, -0.2) is 0 Å². The van der Waals surface area contributed by atoms with E-state index in [2.05, 4.69) is 220 Å². The Morgan fingerprint density at radius 2 is 0.892 bits per heavy atom. The monoisotopic (exact) mass is 833 g/mol. The third-order valence-corrected chi connectivity index (χ3v) is 13.9. The molecule has 8 aromatic carbocycles. The lowest BCUT2D eigenvalue weighted by Crippen LogP contribution is -2.41. The molecule has 12 aromatic rings. The van der Waals surface area contributed by atoms with Crippen LogP contribution >= 0.6 is 0 Å². The highest BCUT2D eigenvalue weighted by Crippen LogP contribution is 2.54. The molecule has 2 aliphatic rings. The molecule has 0 amide bonds. The molecule has 0 saturated carbocycles. The largest absolute Gasteiger partial charge is 0.331 e. The predicted molar refractivity (Wildman–Crippen MR) is 266 cm³/mol. The maximum atomic E-state index is 5.46. The average Bonchev–Trinajstić information content (AvgIpc) is 4.07. The van der Waals surface area contributed by atoms with Gasteiger partial charge in [0.25, 0.3) is 0 Å². The minimum atomic E-state index is -0.245. The molecule has 0 N–H and O–H groups in total. The van der Waals surface area contributed by atoms with E-state index < -0.39 is 0 Å². The van der Waals surface area contributed by atoms with E-state index in [0.29, 0.717) is 17.7 Å². The maximum Gasteiger partial charge on any atom is 0.240 e. The Hall–Kier alpha value is -8.55. The van der Waals surface area contributed by atoms with E-state index in [9.17, 15) is 0 Å². The minimum absolute atomic E-state index is 0.245. The molecule has 1 aliphatic carbocycles. The van der Waals surface area contributed by atoms with Crippen LogP contribution in [0.3, 0.4) is 0 Å². The number of hydrogen-bond acceptors (Lipinski definition) is 4. The number of anilines is 2. The highest BCUT2D eigenvalue weighted by molar-refractivity contribution is 6.13. The highest BCUT2D eigenvalue weighted by Gasteiger charge is 2.46. The van der Waals surface area contributed by atoms with Crippen LogP contribution in [0, 0.1) is 0 Å². The van der Waals surface area contributed by atoms with Crippen LogP contribution < -0.4 is 4.90 Å². The number of hydrogen-bond donors (Lipinski definition) is 0. The van der Waals surface area contributed by atoms with Gasteiger partial charge >= 0.3 is 0 Å². The molecule has 0 fully saturated rings. The fourth-order valence-electron chi connectivity index (χ4n) is 11.1. The normalized spacial score (nSPS) is 16.8. The van der Waals surface area contributed by atoms with Crippen molar-refractivity contribution in [1.29, 1.82) is 0 Å². The number of para-hydroxylation sites is 5. The fraction of sp³-hybridized carbons (Fsp3) is 0.0517. The number of rotatable bonds is 5. The van der Waals surface area contributed by atoms with Crippen molar-refractivity contribution in [2.75, 3.05) is 4.90 Å². The van der Waals surface area contributed by atoms with Gasteiger partial charge in [0.2, 0.25) is 11.9 Å². The van der Waals surface area contributed by atoms with Gasteiger partial charge in [0.05, 0.1) is 38.6 Å². The van der Waals surface area contributed by atoms with E-state index in [1.165, 1.54) is 33.1 Å². The summed E-state index contributed by atoms with van der Waals surface area (Å²) in [5, 5.41) is 6.99. The summed E-state index contributed by atoms with van der Waals surface area (Å²) in [6.07, 6.45) is 9.06. The third kappa shape index (κ3) is 5.09. The van der Waals surface area contributed by atoms with Gasteiger partial charge in [0, 0.05) is 60.9 Å². The zero-order valence-corrected chi connectivity index (χ0v) is 35.4. The lowest BCUT2D eigenvalue weighted by molar-refractivity contribution is 0.542. The van der Waals surface area contributed by atoms with Crippen LogP contribution in [0.25, 0.3) is 94.4 Å². The predicted octanol–water partition coefficient (Wildman–Crippen LogP) is 13.9. The summed E-state index contributed by atoms with van der Waals surface area (Å²) in [6.45, 7) is 2.35. The van der Waals surface area contributed by atoms with E-state index in [1.807, 2.05) is 18.2 Å². The maximum absolute atomic E-state index is 5.46. The van der Waals surface area contributed by atoms with Crippen molar-refractivity contribution >= 4 is 76.8 Å². The molecule has 2 unspecified atom stereocenters. The summed E-state index contributed by atoms with van der Waals surface area (Å²) in [6, 6.07) is 67.2. The molecule has 14 rings (SSSR count). The van der Waals surface area contributed by atoms with Crippen molar-refractivity contribution in [3.63, 3.8) is 0 Å². The molecule has 306 valence electrons. The third-order valence-electron chi connectivity index (χ3n) is 13.9. The van der Waals surface area contributed by atoms with Gasteiger partial charge in [-0.15, -0.1) is 0 Å². The first-order chi connectivity index (χ1) is 32.1. The molecular formula is C58H39N7. The molecule has 7 heteroatoms. The lowest BCUT2D eigenvalue weighted by atomic mass is 9.80. The molecule has 2 atom stereocenters. The van der Waals surface area contributed by atoms with Crippen molar-refractivity contribution in [2.24, 2.45) is 0 Å². The first kappa shape index (κ1) is 36.0. The molecule has 7 nitrogen and oxygen atoms in total. The van der Waals surface area contributed by atoms with Gasteiger partial charge in [-0.1, -0.05) is 146 Å². The second-order valence-electron chi connectivity index (χ2n) is 17.4. The Labute approximate surface area is 374 Å². The zero-order valence-electron chi connectivity index (χ0n) is 35.4. The van der Waals surface area contributed by atoms with Crippen LogP contribution in [0.1, 0.15) is 18.4 Å². The van der Waals surface area contributed by atoms with E-state index in [1.54, 1.807) is 0 Å². The standard InChI is InChI=1S/C58H39N7/c1-58-34-16-15-24-47(58)44-23-9-14-29-54(44)65(58)39-31-33-53-46(36-39)43-22-8-13-28-51(43)64(53)57-60-55(37-17-3-2-4-18-37)59-56(61-57)63-50-27-12-7-21-42(50)45-35-38(30-32-52(45)63)62-48-25-10-5-19-40(48)41-20-6-11-26-49(41)62/h2-36,47H,1H3. The van der Waals surface area contributed by atoms with Crippen LogP contribution in [-0.4, -0.2) is 34.2 Å². The first-order valence-corrected chi connectivity index (χ1v) is 22.2. The molecule has 1 aliphatic heterocycles. The van der Waals surface area contributed by atoms with Crippen molar-refractivity contribution in [3.8, 4) is 29.0 Å². The fourth-order valence-corrected chi connectivity index (χ4v) is 11.1. The van der Waals surface area contributed by atoms with E-state index >= 15 is 0 Å². The Morgan fingerprint density at radius 3 is 1.51 bits per heavy atom. The second-order valence-corrected chi connectivity index (χ2v) is 17.4. The van der Waals surface area contributed by atoms with Crippen LogP contribution in [0.4, 0.5) is 11.4 Å². The van der Waals surface area contributed by atoms with Crippen molar-refractivity contribution in [3.05, 3.63) is 218 Å². The van der Waals surface area contributed by atoms with Crippen LogP contribution in [-0.2, 0) is 0 Å². The number of nitrogens with zero attached hydrogens (tertiary/aromatic N) is 7. The summed E-state index contributed by atoms with van der Waals surface area (Å²) < 4.78 is 6.80. The lowest BCUT2D eigenvalue weighted by Gasteiger charge is -2.39.